The van der Waals surface area contributed by atoms with Gasteiger partial charge in [0.1, 0.15) is 10.1 Å². The largest absolute Gasteiger partial charge is 0.744 e. The van der Waals surface area contributed by atoms with Gasteiger partial charge < -0.3 is 10.3 Å². The minimum atomic E-state index is -4.27. The number of aromatic amines is 1. The molecule has 0 aliphatic carbocycles. The summed E-state index contributed by atoms with van der Waals surface area (Å²) < 4.78 is 31.2. The summed E-state index contributed by atoms with van der Waals surface area (Å²) in [5.41, 5.74) is 7.02. The number of rotatable bonds is 1. The van der Waals surface area contributed by atoms with Crippen LogP contribution < -0.4 is 10.7 Å². The highest BCUT2D eigenvalue weighted by atomic mass is 32.2. The molecule has 0 amide bonds. The van der Waals surface area contributed by atoms with Crippen molar-refractivity contribution in [1.82, 2.24) is 0 Å². The summed E-state index contributed by atoms with van der Waals surface area (Å²) in [7, 11) is -4.27. The summed E-state index contributed by atoms with van der Waals surface area (Å²) in [6, 6.07) is 9.47. The van der Waals surface area contributed by atoms with Gasteiger partial charge in [-0.05, 0) is 25.1 Å². The van der Waals surface area contributed by atoms with Crippen LogP contribution in [0.2, 0.25) is 0 Å². The molecule has 1 aromatic carbocycles. The Labute approximate surface area is 106 Å². The summed E-state index contributed by atoms with van der Waals surface area (Å²) in [6.07, 6.45) is 3.55. The zero-order chi connectivity index (χ0) is 13.6. The van der Waals surface area contributed by atoms with Crippen LogP contribution in [0.3, 0.4) is 0 Å². The number of aromatic nitrogens is 1. The van der Waals surface area contributed by atoms with Crippen LogP contribution >= 0.6 is 0 Å². The van der Waals surface area contributed by atoms with Gasteiger partial charge in [-0.25, -0.2) is 13.4 Å². The second-order valence-corrected chi connectivity index (χ2v) is 4.98. The van der Waals surface area contributed by atoms with Crippen LogP contribution in [0.1, 0.15) is 5.56 Å². The van der Waals surface area contributed by atoms with Gasteiger partial charge in [0.05, 0.1) is 10.6 Å². The van der Waals surface area contributed by atoms with Crippen LogP contribution in [0, 0.1) is 6.92 Å². The molecule has 0 atom stereocenters. The molecule has 1 heterocycles. The first kappa shape index (κ1) is 14.1. The fraction of sp³-hybridized carbons (Fsp3) is 0.0833. The Balaban J connectivity index is 0.000000199. The van der Waals surface area contributed by atoms with E-state index < -0.39 is 10.1 Å². The maximum absolute atomic E-state index is 10.4. The van der Waals surface area contributed by atoms with Crippen LogP contribution in [0.25, 0.3) is 0 Å². The lowest BCUT2D eigenvalue weighted by Crippen LogP contribution is -1.99. The Morgan fingerprint density at radius 1 is 1.17 bits per heavy atom. The number of hydrogen-bond donors (Lipinski definition) is 1. The molecule has 2 rings (SSSR count). The number of hydrogen-bond acceptors (Lipinski definition) is 4. The molecule has 0 saturated carbocycles. The molecule has 0 unspecified atom stereocenters. The first-order chi connectivity index (χ1) is 8.39. The lowest BCUT2D eigenvalue weighted by molar-refractivity contribution is -0.376. The molecule has 0 radical (unpaired) electrons. The zero-order valence-corrected chi connectivity index (χ0v) is 10.6. The van der Waals surface area contributed by atoms with Gasteiger partial charge >= 0.3 is 0 Å². The van der Waals surface area contributed by atoms with E-state index in [1.54, 1.807) is 18.3 Å². The molecule has 0 saturated heterocycles. The number of anilines is 1. The van der Waals surface area contributed by atoms with E-state index in [0.29, 0.717) is 0 Å². The fourth-order valence-corrected chi connectivity index (χ4v) is 1.58. The van der Waals surface area contributed by atoms with E-state index in [0.717, 1.165) is 11.3 Å². The fourth-order valence-electron chi connectivity index (χ4n) is 1.11. The number of nitrogens with two attached hydrogens (primary N) is 1. The van der Waals surface area contributed by atoms with Gasteiger partial charge in [-0.15, -0.1) is 0 Å². The lowest BCUT2D eigenvalue weighted by atomic mass is 10.2. The number of aryl methyl sites for hydroxylation is 1. The summed E-state index contributed by atoms with van der Waals surface area (Å²) in [4.78, 5) is 2.66. The monoisotopic (exact) mass is 266 g/mol. The number of nitrogen functional groups attached to an aromatic ring is 1. The van der Waals surface area contributed by atoms with Crippen LogP contribution in [0.5, 0.6) is 0 Å². The molecule has 0 aliphatic heterocycles. The van der Waals surface area contributed by atoms with E-state index in [-0.39, 0.29) is 4.90 Å². The lowest BCUT2D eigenvalue weighted by Gasteiger charge is -2.05. The molecule has 0 spiro atoms. The Kier molecular flexibility index (Phi) is 4.82. The summed E-state index contributed by atoms with van der Waals surface area (Å²) in [5, 5.41) is 0. The third-order valence-corrected chi connectivity index (χ3v) is 2.89. The van der Waals surface area contributed by atoms with Crippen molar-refractivity contribution in [1.29, 1.82) is 0 Å². The molecule has 5 nitrogen and oxygen atoms in total. The van der Waals surface area contributed by atoms with Gasteiger partial charge in [-0.1, -0.05) is 17.7 Å². The van der Waals surface area contributed by atoms with Crippen molar-refractivity contribution >= 4 is 15.8 Å². The van der Waals surface area contributed by atoms with Gasteiger partial charge in [0.25, 0.3) is 0 Å². The molecule has 6 heteroatoms. The summed E-state index contributed by atoms with van der Waals surface area (Å²) >= 11 is 0. The van der Waals surface area contributed by atoms with Crippen molar-refractivity contribution < 1.29 is 18.0 Å². The van der Waals surface area contributed by atoms with E-state index >= 15 is 0 Å². The van der Waals surface area contributed by atoms with Crippen molar-refractivity contribution in [2.45, 2.75) is 11.8 Å². The quantitative estimate of drug-likeness (QED) is 0.778. The summed E-state index contributed by atoms with van der Waals surface area (Å²) in [5.74, 6) is 0. The number of nitrogens with one attached hydrogen (secondary N) is 1. The van der Waals surface area contributed by atoms with Gasteiger partial charge in [0.15, 0.2) is 12.4 Å². The highest BCUT2D eigenvalue weighted by Gasteiger charge is 1.97. The van der Waals surface area contributed by atoms with Gasteiger partial charge in [-0.2, -0.15) is 0 Å². The standard InChI is InChI=1S/C7H8O3S.C5H6N2/c1-6-2-4-7(5-3-6)11(8,9)10;6-5-2-1-3-7-4-5/h2-5H,1H3,(H,8,9,10);1-4H,6H2. The van der Waals surface area contributed by atoms with Gasteiger partial charge in [0.2, 0.25) is 0 Å². The molecular weight excluding hydrogens is 252 g/mol. The molecule has 1 aromatic heterocycles. The van der Waals surface area contributed by atoms with E-state index in [1.165, 1.54) is 12.1 Å². The van der Waals surface area contributed by atoms with Crippen LogP contribution in [0.4, 0.5) is 5.69 Å². The Morgan fingerprint density at radius 3 is 2.11 bits per heavy atom. The van der Waals surface area contributed by atoms with Gasteiger partial charge in [-0.3, -0.25) is 0 Å². The maximum Gasteiger partial charge on any atom is 0.190 e. The third kappa shape index (κ3) is 4.94. The van der Waals surface area contributed by atoms with Crippen molar-refractivity contribution in [3.8, 4) is 0 Å². The van der Waals surface area contributed by atoms with E-state index in [4.69, 9.17) is 5.73 Å². The molecule has 0 bridgehead atoms. The molecule has 0 fully saturated rings. The van der Waals surface area contributed by atoms with E-state index in [1.807, 2.05) is 25.3 Å². The maximum atomic E-state index is 10.4. The first-order valence-corrected chi connectivity index (χ1v) is 6.54. The predicted molar refractivity (Wildman–Crippen MR) is 66.6 cm³/mol. The molecule has 96 valence electrons. The average molecular weight is 266 g/mol. The van der Waals surface area contributed by atoms with Crippen molar-refractivity contribution in [2.24, 2.45) is 0 Å². The topological polar surface area (TPSA) is 97.4 Å². The minimum absolute atomic E-state index is 0.178. The molecule has 3 N–H and O–H groups in total. The Morgan fingerprint density at radius 2 is 1.78 bits per heavy atom. The molecular formula is C12H14N2O3S. The average Bonchev–Trinajstić information content (AvgIpc) is 2.30. The molecule has 2 aromatic rings. The van der Waals surface area contributed by atoms with Crippen molar-refractivity contribution in [3.63, 3.8) is 0 Å². The Hall–Kier alpha value is -1.92. The minimum Gasteiger partial charge on any atom is -0.744 e. The van der Waals surface area contributed by atoms with Crippen LogP contribution in [-0.4, -0.2) is 13.0 Å². The SMILES string of the molecule is Cc1ccc(S(=O)(=O)[O-])cc1.Nc1ccc[nH+]c1. The molecule has 0 aliphatic rings. The highest BCUT2D eigenvalue weighted by Crippen LogP contribution is 2.08. The van der Waals surface area contributed by atoms with Gasteiger partial charge in [0, 0.05) is 6.07 Å². The third-order valence-electron chi connectivity index (χ3n) is 2.04. The number of pyridine rings is 1. The van der Waals surface area contributed by atoms with Crippen molar-refractivity contribution in [3.05, 3.63) is 54.4 Å². The molecule has 18 heavy (non-hydrogen) atoms. The van der Waals surface area contributed by atoms with Crippen molar-refractivity contribution in [2.75, 3.05) is 5.73 Å². The smallest absolute Gasteiger partial charge is 0.190 e. The van der Waals surface area contributed by atoms with E-state index in [2.05, 4.69) is 4.98 Å². The van der Waals surface area contributed by atoms with Crippen LogP contribution in [-0.2, 0) is 10.1 Å². The normalized spacial score (nSPS) is 10.3. The van der Waals surface area contributed by atoms with Crippen LogP contribution in [0.15, 0.2) is 53.7 Å². The summed E-state index contributed by atoms with van der Waals surface area (Å²) in [6.45, 7) is 1.82. The second kappa shape index (κ2) is 6.13. The van der Waals surface area contributed by atoms with E-state index in [9.17, 15) is 13.0 Å². The first-order valence-electron chi connectivity index (χ1n) is 5.14. The second-order valence-electron chi connectivity index (χ2n) is 3.60. The predicted octanol–water partition coefficient (Wildman–Crippen LogP) is 0.982. The zero-order valence-electron chi connectivity index (χ0n) is 9.83. The Bertz CT molecular complexity index is 580. The number of H-pyrrole nitrogens is 1. The number of benzene rings is 1. The highest BCUT2D eigenvalue weighted by molar-refractivity contribution is 7.85.